The van der Waals surface area contributed by atoms with Crippen LogP contribution in [0.15, 0.2) is 42.5 Å². The Bertz CT molecular complexity index is 964. The van der Waals surface area contributed by atoms with Crippen LogP contribution in [0.1, 0.15) is 49.0 Å². The van der Waals surface area contributed by atoms with E-state index in [1.165, 1.54) is 18.2 Å². The summed E-state index contributed by atoms with van der Waals surface area (Å²) in [7, 11) is 0. The third kappa shape index (κ3) is 5.09. The number of nitro benzene ring substituents is 1. The van der Waals surface area contributed by atoms with Crippen LogP contribution in [0.3, 0.4) is 0 Å². The zero-order valence-electron chi connectivity index (χ0n) is 16.5. The predicted molar refractivity (Wildman–Crippen MR) is 117 cm³/mol. The van der Waals surface area contributed by atoms with Crippen LogP contribution in [0.25, 0.3) is 0 Å². The molecule has 0 heterocycles. The molecule has 1 amide bonds. The van der Waals surface area contributed by atoms with Crippen molar-refractivity contribution in [1.29, 1.82) is 0 Å². The molecule has 2 aromatic rings. The number of aliphatic carboxylic acids is 1. The maximum Gasteiger partial charge on any atom is 0.314 e. The molecule has 160 valence electrons. The summed E-state index contributed by atoms with van der Waals surface area (Å²) in [6, 6.07) is 10.2. The minimum atomic E-state index is -1.33. The van der Waals surface area contributed by atoms with Crippen molar-refractivity contribution in [2.24, 2.45) is 0 Å². The first-order valence-corrected chi connectivity index (χ1v) is 10.2. The highest BCUT2D eigenvalue weighted by molar-refractivity contribution is 6.34. The summed E-state index contributed by atoms with van der Waals surface area (Å²) in [6.45, 7) is 3.59. The molecule has 0 aliphatic rings. The molecule has 2 unspecified atom stereocenters. The molecule has 2 rings (SSSR count). The van der Waals surface area contributed by atoms with Gasteiger partial charge in [0, 0.05) is 23.1 Å². The molecule has 0 saturated carbocycles. The highest BCUT2D eigenvalue weighted by atomic mass is 35.5. The number of carbonyl (C=O) groups is 2. The lowest BCUT2D eigenvalue weighted by molar-refractivity contribution is -0.384. The molecular formula is C21H22Cl2N2O5. The van der Waals surface area contributed by atoms with Crippen LogP contribution in [0, 0.1) is 10.1 Å². The van der Waals surface area contributed by atoms with Gasteiger partial charge in [-0.25, -0.2) is 0 Å². The quantitative estimate of drug-likeness (QED) is 0.290. The fourth-order valence-electron chi connectivity index (χ4n) is 3.57. The monoisotopic (exact) mass is 452 g/mol. The van der Waals surface area contributed by atoms with Gasteiger partial charge in [0.2, 0.25) is 0 Å². The summed E-state index contributed by atoms with van der Waals surface area (Å²) in [5.41, 5.74) is -0.808. The van der Waals surface area contributed by atoms with Gasteiger partial charge in [0.25, 0.3) is 11.6 Å². The minimum Gasteiger partial charge on any atom is -0.481 e. The number of anilines is 1. The lowest BCUT2D eigenvalue weighted by Gasteiger charge is -2.32. The van der Waals surface area contributed by atoms with Crippen molar-refractivity contribution in [2.75, 3.05) is 5.32 Å². The summed E-state index contributed by atoms with van der Waals surface area (Å²) in [4.78, 5) is 35.7. The van der Waals surface area contributed by atoms with E-state index in [-0.39, 0.29) is 28.4 Å². The van der Waals surface area contributed by atoms with Crippen LogP contribution in [-0.2, 0) is 10.2 Å². The van der Waals surface area contributed by atoms with Crippen LogP contribution in [0.2, 0.25) is 5.02 Å². The fraction of sp³-hybridized carbons (Fsp3) is 0.333. The van der Waals surface area contributed by atoms with Gasteiger partial charge in [-0.1, -0.05) is 43.1 Å². The summed E-state index contributed by atoms with van der Waals surface area (Å²) in [5, 5.41) is 23.2. The van der Waals surface area contributed by atoms with Gasteiger partial charge in [-0.2, -0.15) is 0 Å². The summed E-state index contributed by atoms with van der Waals surface area (Å²) in [5.74, 6) is -1.62. The van der Waals surface area contributed by atoms with Gasteiger partial charge in [0.1, 0.15) is 0 Å². The normalized spacial score (nSPS) is 13.9. The highest BCUT2D eigenvalue weighted by Gasteiger charge is 2.42. The van der Waals surface area contributed by atoms with Gasteiger partial charge < -0.3 is 10.4 Å². The number of alkyl halides is 1. The Morgan fingerprint density at radius 2 is 1.93 bits per heavy atom. The first kappa shape index (κ1) is 23.6. The number of carboxylic acid groups (broad SMARTS) is 1. The SMILES string of the molecule is CCCC(CC(C)Cl)(C(=O)O)c1ccccc1C(=O)Nc1ccc([N+](=O)[O-])cc1Cl. The van der Waals surface area contributed by atoms with Crippen LogP contribution in [0.4, 0.5) is 11.4 Å². The number of carboxylic acids is 1. The third-order valence-electron chi connectivity index (χ3n) is 4.81. The molecular weight excluding hydrogens is 431 g/mol. The fourth-order valence-corrected chi connectivity index (χ4v) is 4.06. The summed E-state index contributed by atoms with van der Waals surface area (Å²) < 4.78 is 0. The smallest absolute Gasteiger partial charge is 0.314 e. The number of non-ortho nitro benzene ring substituents is 1. The number of hydrogen-bond acceptors (Lipinski definition) is 4. The van der Waals surface area contributed by atoms with Crippen molar-refractivity contribution in [2.45, 2.75) is 43.9 Å². The zero-order chi connectivity index (χ0) is 22.5. The van der Waals surface area contributed by atoms with E-state index >= 15 is 0 Å². The number of hydrogen-bond donors (Lipinski definition) is 2. The maximum absolute atomic E-state index is 13.0. The van der Waals surface area contributed by atoms with Gasteiger partial charge in [0.05, 0.1) is 21.0 Å². The second-order valence-electron chi connectivity index (χ2n) is 7.04. The average molecular weight is 453 g/mol. The number of nitrogens with one attached hydrogen (secondary N) is 1. The predicted octanol–water partition coefficient (Wildman–Crippen LogP) is 5.64. The first-order valence-electron chi connectivity index (χ1n) is 9.34. The Hall–Kier alpha value is -2.64. The Kier molecular flexibility index (Phi) is 7.81. The number of benzene rings is 2. The number of amides is 1. The van der Waals surface area contributed by atoms with Crippen molar-refractivity contribution in [3.8, 4) is 0 Å². The van der Waals surface area contributed by atoms with Gasteiger partial charge in [-0.15, -0.1) is 11.6 Å². The number of nitrogens with zero attached hydrogens (tertiary/aromatic N) is 1. The molecule has 2 atom stereocenters. The molecule has 0 aliphatic carbocycles. The minimum absolute atomic E-state index is 0.00228. The number of halogens is 2. The largest absolute Gasteiger partial charge is 0.481 e. The number of carbonyl (C=O) groups excluding carboxylic acids is 1. The van der Waals surface area contributed by atoms with E-state index in [1.807, 2.05) is 6.92 Å². The Labute approximate surface area is 184 Å². The molecule has 2 aromatic carbocycles. The van der Waals surface area contributed by atoms with E-state index in [0.29, 0.717) is 18.4 Å². The molecule has 9 heteroatoms. The van der Waals surface area contributed by atoms with E-state index in [2.05, 4.69) is 5.32 Å². The highest BCUT2D eigenvalue weighted by Crippen LogP contribution is 2.38. The topological polar surface area (TPSA) is 110 Å². The van der Waals surface area contributed by atoms with E-state index in [9.17, 15) is 24.8 Å². The summed E-state index contributed by atoms with van der Waals surface area (Å²) in [6.07, 6.45) is 1.04. The molecule has 0 aromatic heterocycles. The molecule has 0 aliphatic heterocycles. The second-order valence-corrected chi connectivity index (χ2v) is 8.20. The standard InChI is InChI=1S/C21H22Cl2N2O5/c1-3-10-21(20(27)28,12-13(2)22)16-7-5-4-6-15(16)19(26)24-18-9-8-14(25(29)30)11-17(18)23/h4-9,11,13H,3,10,12H2,1-2H3,(H,24,26)(H,27,28). The third-order valence-corrected chi connectivity index (χ3v) is 5.28. The van der Waals surface area contributed by atoms with E-state index in [0.717, 1.165) is 6.07 Å². The maximum atomic E-state index is 13.0. The van der Waals surface area contributed by atoms with Crippen LogP contribution in [0.5, 0.6) is 0 Å². The average Bonchev–Trinajstić information content (AvgIpc) is 2.68. The van der Waals surface area contributed by atoms with E-state index < -0.39 is 27.6 Å². The van der Waals surface area contributed by atoms with E-state index in [1.54, 1.807) is 25.1 Å². The zero-order valence-corrected chi connectivity index (χ0v) is 18.0. The molecule has 0 spiro atoms. The number of nitro groups is 1. The van der Waals surface area contributed by atoms with Crippen molar-refractivity contribution in [3.63, 3.8) is 0 Å². The number of rotatable bonds is 9. The molecule has 0 saturated heterocycles. The molecule has 0 radical (unpaired) electrons. The van der Waals surface area contributed by atoms with Gasteiger partial charge in [-0.3, -0.25) is 19.7 Å². The molecule has 7 nitrogen and oxygen atoms in total. The Morgan fingerprint density at radius 3 is 2.47 bits per heavy atom. The molecule has 0 fully saturated rings. The molecule has 30 heavy (non-hydrogen) atoms. The van der Waals surface area contributed by atoms with Crippen molar-refractivity contribution >= 4 is 46.5 Å². The second kappa shape index (κ2) is 9.91. The van der Waals surface area contributed by atoms with Gasteiger partial charge in [0.15, 0.2) is 0 Å². The Balaban J connectivity index is 2.50. The molecule has 2 N–H and O–H groups in total. The van der Waals surface area contributed by atoms with Crippen LogP contribution < -0.4 is 5.32 Å². The lowest BCUT2D eigenvalue weighted by atomic mass is 9.71. The molecule has 0 bridgehead atoms. The lowest BCUT2D eigenvalue weighted by Crippen LogP contribution is -2.39. The van der Waals surface area contributed by atoms with E-state index in [4.69, 9.17) is 23.2 Å². The van der Waals surface area contributed by atoms with Gasteiger partial charge in [-0.05, 0) is 37.5 Å². The van der Waals surface area contributed by atoms with Crippen molar-refractivity contribution in [1.82, 2.24) is 0 Å². The summed E-state index contributed by atoms with van der Waals surface area (Å²) >= 11 is 12.3. The first-order chi connectivity index (χ1) is 14.1. The van der Waals surface area contributed by atoms with Crippen LogP contribution >= 0.6 is 23.2 Å². The van der Waals surface area contributed by atoms with Crippen molar-refractivity contribution in [3.05, 3.63) is 68.7 Å². The Morgan fingerprint density at radius 1 is 1.27 bits per heavy atom. The van der Waals surface area contributed by atoms with Gasteiger partial charge >= 0.3 is 5.97 Å². The van der Waals surface area contributed by atoms with Crippen LogP contribution in [-0.4, -0.2) is 27.3 Å². The van der Waals surface area contributed by atoms with Crippen molar-refractivity contribution < 1.29 is 19.6 Å².